The Kier molecular flexibility index (Phi) is 3.50. The number of rotatable bonds is 2. The molecule has 2 aromatic carbocycles. The van der Waals surface area contributed by atoms with Gasteiger partial charge >= 0.3 is 0 Å². The summed E-state index contributed by atoms with van der Waals surface area (Å²) in [6.07, 6.45) is -0.742. The number of hydrogen-bond acceptors (Lipinski definition) is 2. The van der Waals surface area contributed by atoms with E-state index in [1.807, 2.05) is 25.1 Å². The highest BCUT2D eigenvalue weighted by Crippen LogP contribution is 2.34. The lowest BCUT2D eigenvalue weighted by molar-refractivity contribution is 0.224. The van der Waals surface area contributed by atoms with Gasteiger partial charge < -0.3 is 5.11 Å². The Morgan fingerprint density at radius 1 is 1.15 bits per heavy atom. The molecule has 4 heteroatoms. The van der Waals surface area contributed by atoms with Gasteiger partial charge in [-0.3, -0.25) is 0 Å². The first-order valence-corrected chi connectivity index (χ1v) is 7.37. The number of halogens is 2. The summed E-state index contributed by atoms with van der Waals surface area (Å²) in [5, 5.41) is 12.0. The molecule has 3 aromatic rings. The Bertz CT molecular complexity index is 781. The van der Waals surface area contributed by atoms with Crippen molar-refractivity contribution in [2.75, 3.05) is 0 Å². The molecule has 1 atom stereocenters. The standard InChI is InChI=1S/C16H12ClFOS/c1-9-2-3-11(6-13(9)17)16(19)15-7-10-4-5-12(18)8-14(10)20-15/h2-8,16,19H,1H3. The van der Waals surface area contributed by atoms with E-state index in [-0.39, 0.29) is 5.82 Å². The molecule has 0 aliphatic heterocycles. The summed E-state index contributed by atoms with van der Waals surface area (Å²) in [4.78, 5) is 0.783. The van der Waals surface area contributed by atoms with Crippen LogP contribution in [0.4, 0.5) is 4.39 Å². The molecule has 20 heavy (non-hydrogen) atoms. The molecule has 3 rings (SSSR count). The highest BCUT2D eigenvalue weighted by Gasteiger charge is 2.15. The lowest BCUT2D eigenvalue weighted by Crippen LogP contribution is -1.97. The van der Waals surface area contributed by atoms with Crippen molar-refractivity contribution >= 4 is 33.0 Å². The highest BCUT2D eigenvalue weighted by atomic mass is 35.5. The molecule has 102 valence electrons. The summed E-state index contributed by atoms with van der Waals surface area (Å²) in [6.45, 7) is 1.92. The highest BCUT2D eigenvalue weighted by molar-refractivity contribution is 7.19. The molecule has 0 spiro atoms. The van der Waals surface area contributed by atoms with E-state index in [2.05, 4.69) is 0 Å². The normalized spacial score (nSPS) is 12.8. The molecule has 0 aliphatic carbocycles. The molecule has 0 amide bonds. The van der Waals surface area contributed by atoms with Gasteiger partial charge in [0.1, 0.15) is 11.9 Å². The van der Waals surface area contributed by atoms with Crippen LogP contribution in [-0.2, 0) is 0 Å². The first-order valence-electron chi connectivity index (χ1n) is 6.18. The van der Waals surface area contributed by atoms with E-state index < -0.39 is 6.10 Å². The average Bonchev–Trinajstić information content (AvgIpc) is 2.84. The average molecular weight is 307 g/mol. The fraction of sp³-hybridized carbons (Fsp3) is 0.125. The molecule has 0 fully saturated rings. The second kappa shape index (κ2) is 5.17. The maximum atomic E-state index is 13.2. The second-order valence-corrected chi connectivity index (χ2v) is 6.26. The first-order chi connectivity index (χ1) is 9.54. The van der Waals surface area contributed by atoms with Crippen LogP contribution in [0.1, 0.15) is 22.1 Å². The van der Waals surface area contributed by atoms with E-state index in [0.29, 0.717) is 5.02 Å². The molecule has 0 saturated heterocycles. The van der Waals surface area contributed by atoms with Gasteiger partial charge in [-0.15, -0.1) is 11.3 Å². The van der Waals surface area contributed by atoms with Crippen LogP contribution in [0.15, 0.2) is 42.5 Å². The number of thiophene rings is 1. The number of aliphatic hydroxyl groups excluding tert-OH is 1. The minimum absolute atomic E-state index is 0.265. The van der Waals surface area contributed by atoms with Crippen LogP contribution in [0.5, 0.6) is 0 Å². The summed E-state index contributed by atoms with van der Waals surface area (Å²) in [5.74, 6) is -0.265. The van der Waals surface area contributed by atoms with Crippen molar-refractivity contribution in [3.63, 3.8) is 0 Å². The monoisotopic (exact) mass is 306 g/mol. The number of aryl methyl sites for hydroxylation is 1. The van der Waals surface area contributed by atoms with Crippen LogP contribution in [0.2, 0.25) is 5.02 Å². The van der Waals surface area contributed by atoms with Crippen molar-refractivity contribution in [2.45, 2.75) is 13.0 Å². The molecule has 0 bridgehead atoms. The Labute approximate surface area is 125 Å². The van der Waals surface area contributed by atoms with E-state index in [1.165, 1.54) is 23.5 Å². The number of benzene rings is 2. The smallest absolute Gasteiger partial charge is 0.124 e. The van der Waals surface area contributed by atoms with E-state index >= 15 is 0 Å². The fourth-order valence-corrected chi connectivity index (χ4v) is 3.40. The van der Waals surface area contributed by atoms with Gasteiger partial charge in [-0.25, -0.2) is 4.39 Å². The van der Waals surface area contributed by atoms with Crippen LogP contribution < -0.4 is 0 Å². The van der Waals surface area contributed by atoms with E-state index in [9.17, 15) is 9.50 Å². The van der Waals surface area contributed by atoms with Gasteiger partial charge in [0.25, 0.3) is 0 Å². The molecule has 0 aliphatic rings. The SMILES string of the molecule is Cc1ccc(C(O)c2cc3ccc(F)cc3s2)cc1Cl. The van der Waals surface area contributed by atoms with Gasteiger partial charge in [0, 0.05) is 14.6 Å². The van der Waals surface area contributed by atoms with Crippen molar-refractivity contribution in [1.82, 2.24) is 0 Å². The summed E-state index contributed by atoms with van der Waals surface area (Å²) in [7, 11) is 0. The third kappa shape index (κ3) is 2.44. The van der Waals surface area contributed by atoms with Crippen molar-refractivity contribution in [3.05, 3.63) is 69.3 Å². The van der Waals surface area contributed by atoms with E-state index in [4.69, 9.17) is 11.6 Å². The van der Waals surface area contributed by atoms with Crippen LogP contribution >= 0.6 is 22.9 Å². The Morgan fingerprint density at radius 3 is 2.70 bits per heavy atom. The minimum atomic E-state index is -0.742. The lowest BCUT2D eigenvalue weighted by Gasteiger charge is -2.10. The van der Waals surface area contributed by atoms with Gasteiger partial charge in [-0.2, -0.15) is 0 Å². The van der Waals surface area contributed by atoms with Crippen LogP contribution in [0.3, 0.4) is 0 Å². The zero-order chi connectivity index (χ0) is 14.3. The summed E-state index contributed by atoms with van der Waals surface area (Å²) < 4.78 is 14.0. The molecule has 1 unspecified atom stereocenters. The molecular formula is C16H12ClFOS. The van der Waals surface area contributed by atoms with Crippen molar-refractivity contribution in [2.24, 2.45) is 0 Å². The van der Waals surface area contributed by atoms with Gasteiger partial charge in [-0.05, 0) is 47.7 Å². The maximum absolute atomic E-state index is 13.2. The van der Waals surface area contributed by atoms with Crippen LogP contribution in [0, 0.1) is 12.7 Å². The Balaban J connectivity index is 2.02. The Morgan fingerprint density at radius 2 is 1.95 bits per heavy atom. The van der Waals surface area contributed by atoms with E-state index in [1.54, 1.807) is 12.1 Å². The number of fused-ring (bicyclic) bond motifs is 1. The van der Waals surface area contributed by atoms with Gasteiger partial charge in [0.15, 0.2) is 0 Å². The zero-order valence-electron chi connectivity index (χ0n) is 10.7. The molecule has 1 N–H and O–H groups in total. The number of hydrogen-bond donors (Lipinski definition) is 1. The van der Waals surface area contributed by atoms with Crippen molar-refractivity contribution < 1.29 is 9.50 Å². The zero-order valence-corrected chi connectivity index (χ0v) is 12.3. The molecule has 1 aromatic heterocycles. The number of aliphatic hydroxyl groups is 1. The van der Waals surface area contributed by atoms with Gasteiger partial charge in [-0.1, -0.05) is 29.8 Å². The maximum Gasteiger partial charge on any atom is 0.124 e. The molecule has 0 saturated carbocycles. The van der Waals surface area contributed by atoms with E-state index in [0.717, 1.165) is 26.1 Å². The lowest BCUT2D eigenvalue weighted by atomic mass is 10.1. The van der Waals surface area contributed by atoms with Crippen molar-refractivity contribution in [3.8, 4) is 0 Å². The van der Waals surface area contributed by atoms with Gasteiger partial charge in [0.05, 0.1) is 0 Å². The molecular weight excluding hydrogens is 295 g/mol. The third-order valence-electron chi connectivity index (χ3n) is 3.28. The quantitative estimate of drug-likeness (QED) is 0.699. The Hall–Kier alpha value is -1.42. The van der Waals surface area contributed by atoms with Crippen molar-refractivity contribution in [1.29, 1.82) is 0 Å². The third-order valence-corrected chi connectivity index (χ3v) is 4.84. The predicted octanol–water partition coefficient (Wildman–Crippen LogP) is 5.08. The van der Waals surface area contributed by atoms with Crippen LogP contribution in [0.25, 0.3) is 10.1 Å². The first kappa shape index (κ1) is 13.6. The summed E-state index contributed by atoms with van der Waals surface area (Å²) >= 11 is 7.48. The second-order valence-electron chi connectivity index (χ2n) is 4.74. The molecule has 0 radical (unpaired) electrons. The largest absolute Gasteiger partial charge is 0.383 e. The minimum Gasteiger partial charge on any atom is -0.383 e. The molecule has 1 heterocycles. The summed E-state index contributed by atoms with van der Waals surface area (Å²) in [5.41, 5.74) is 1.72. The van der Waals surface area contributed by atoms with Gasteiger partial charge in [0.2, 0.25) is 0 Å². The summed E-state index contributed by atoms with van der Waals surface area (Å²) in [6, 6.07) is 12.0. The van der Waals surface area contributed by atoms with Crippen LogP contribution in [-0.4, -0.2) is 5.11 Å². The predicted molar refractivity (Wildman–Crippen MR) is 82.0 cm³/mol. The molecule has 1 nitrogen and oxygen atoms in total. The topological polar surface area (TPSA) is 20.2 Å². The fourth-order valence-electron chi connectivity index (χ4n) is 2.10.